The molecule has 2 aromatic rings. The number of fused-ring (bicyclic) bond motifs is 1. The summed E-state index contributed by atoms with van der Waals surface area (Å²) in [6, 6.07) is 11.2. The van der Waals surface area contributed by atoms with Crippen molar-refractivity contribution in [1.82, 2.24) is 4.57 Å². The highest BCUT2D eigenvalue weighted by Crippen LogP contribution is 2.37. The first-order chi connectivity index (χ1) is 9.70. The molecule has 0 aliphatic carbocycles. The molecule has 1 aromatic heterocycles. The second-order valence-electron chi connectivity index (χ2n) is 4.82. The number of rotatable bonds is 2. The summed E-state index contributed by atoms with van der Waals surface area (Å²) in [4.78, 5) is 12.1. The molecule has 0 unspecified atom stereocenters. The van der Waals surface area contributed by atoms with Crippen LogP contribution in [0.2, 0.25) is 0 Å². The molecule has 1 aliphatic heterocycles. The Bertz CT molecular complexity index is 663. The third kappa shape index (κ3) is 2.12. The van der Waals surface area contributed by atoms with Gasteiger partial charge in [-0.3, -0.25) is 4.79 Å². The van der Waals surface area contributed by atoms with Crippen LogP contribution in [-0.2, 0) is 11.3 Å². The molecule has 2 atom stereocenters. The molecular weight excluding hydrogens is 254 g/mol. The van der Waals surface area contributed by atoms with Crippen LogP contribution in [0.5, 0.6) is 5.75 Å². The lowest BCUT2D eigenvalue weighted by molar-refractivity contribution is -0.142. The van der Waals surface area contributed by atoms with E-state index in [0.717, 1.165) is 17.8 Å². The van der Waals surface area contributed by atoms with Gasteiger partial charge in [-0.15, -0.1) is 0 Å². The maximum absolute atomic E-state index is 12.1. The topological polar surface area (TPSA) is 40.5 Å². The largest absolute Gasteiger partial charge is 0.455 e. The fourth-order valence-corrected chi connectivity index (χ4v) is 2.52. The third-order valence-corrected chi connectivity index (χ3v) is 3.52. The molecule has 0 saturated heterocycles. The van der Waals surface area contributed by atoms with Gasteiger partial charge >= 0.3 is 0 Å². The van der Waals surface area contributed by atoms with Gasteiger partial charge < -0.3 is 14.0 Å². The van der Waals surface area contributed by atoms with E-state index in [2.05, 4.69) is 0 Å². The molecule has 20 heavy (non-hydrogen) atoms. The van der Waals surface area contributed by atoms with Crippen LogP contribution in [0, 0.1) is 0 Å². The number of nitrogens with zero attached hydrogens (tertiary/aromatic N) is 1. The Morgan fingerprint density at radius 3 is 2.65 bits per heavy atom. The Kier molecular flexibility index (Phi) is 3.32. The molecule has 0 spiro atoms. The minimum atomic E-state index is -0.529. The van der Waals surface area contributed by atoms with Gasteiger partial charge in [-0.2, -0.15) is 0 Å². The minimum Gasteiger partial charge on any atom is -0.455 e. The van der Waals surface area contributed by atoms with E-state index >= 15 is 0 Å². The first-order valence-corrected chi connectivity index (χ1v) is 6.81. The van der Waals surface area contributed by atoms with Crippen LogP contribution in [0.25, 0.3) is 0 Å². The van der Waals surface area contributed by atoms with Crippen LogP contribution in [0.4, 0.5) is 0 Å². The van der Waals surface area contributed by atoms with Gasteiger partial charge in [0.25, 0.3) is 0 Å². The summed E-state index contributed by atoms with van der Waals surface area (Å²) < 4.78 is 13.7. The number of pyridine rings is 1. The highest BCUT2D eigenvalue weighted by atomic mass is 16.7. The molecule has 0 fully saturated rings. The normalized spacial score (nSPS) is 21.1. The van der Waals surface area contributed by atoms with Crippen molar-refractivity contribution in [3.05, 3.63) is 64.1 Å². The van der Waals surface area contributed by atoms with Crippen LogP contribution in [-0.4, -0.2) is 4.57 Å². The average Bonchev–Trinajstić information content (AvgIpc) is 2.49. The molecule has 0 saturated carbocycles. The summed E-state index contributed by atoms with van der Waals surface area (Å²) in [6.07, 6.45) is 1.07. The molecule has 4 nitrogen and oxygen atoms in total. The van der Waals surface area contributed by atoms with E-state index in [0.29, 0.717) is 5.75 Å². The van der Waals surface area contributed by atoms with Crippen molar-refractivity contribution in [2.24, 2.45) is 0 Å². The number of ether oxygens (including phenoxy) is 2. The fraction of sp³-hybridized carbons (Fsp3) is 0.312. The van der Waals surface area contributed by atoms with E-state index < -0.39 is 6.29 Å². The van der Waals surface area contributed by atoms with Crippen molar-refractivity contribution in [2.45, 2.75) is 32.8 Å². The Hall–Kier alpha value is -2.07. The van der Waals surface area contributed by atoms with Crippen molar-refractivity contribution in [1.29, 1.82) is 0 Å². The molecule has 2 heterocycles. The molecule has 0 radical (unpaired) electrons. The number of aryl methyl sites for hydroxylation is 1. The molecular formula is C16H17NO3. The zero-order valence-corrected chi connectivity index (χ0v) is 11.6. The van der Waals surface area contributed by atoms with Gasteiger partial charge in [-0.05, 0) is 13.8 Å². The summed E-state index contributed by atoms with van der Waals surface area (Å²) in [5.74, 6) is 0.405. The summed E-state index contributed by atoms with van der Waals surface area (Å²) in [5.41, 5.74) is 1.63. The van der Waals surface area contributed by atoms with Gasteiger partial charge in [0.05, 0.1) is 5.69 Å². The number of aromatic nitrogens is 1. The number of hydrogen-bond donors (Lipinski definition) is 0. The average molecular weight is 271 g/mol. The van der Waals surface area contributed by atoms with Crippen molar-refractivity contribution >= 4 is 0 Å². The quantitative estimate of drug-likeness (QED) is 0.843. The lowest BCUT2D eigenvalue weighted by atomic mass is 10.1. The molecule has 1 aromatic carbocycles. The molecule has 3 rings (SSSR count). The molecule has 1 aliphatic rings. The van der Waals surface area contributed by atoms with E-state index in [-0.39, 0.29) is 11.5 Å². The van der Waals surface area contributed by atoms with E-state index in [1.54, 1.807) is 12.3 Å². The van der Waals surface area contributed by atoms with Gasteiger partial charge in [0, 0.05) is 24.4 Å². The maximum atomic E-state index is 12.1. The van der Waals surface area contributed by atoms with Crippen LogP contribution in [0.3, 0.4) is 0 Å². The van der Waals surface area contributed by atoms with Crippen LogP contribution >= 0.6 is 0 Å². The van der Waals surface area contributed by atoms with Crippen molar-refractivity contribution in [3.63, 3.8) is 0 Å². The van der Waals surface area contributed by atoms with Crippen LogP contribution < -0.4 is 10.2 Å². The predicted octanol–water partition coefficient (Wildman–Crippen LogP) is 3.04. The minimum absolute atomic E-state index is 0.0965. The first kappa shape index (κ1) is 12.9. The van der Waals surface area contributed by atoms with Crippen LogP contribution in [0.1, 0.15) is 37.5 Å². The van der Waals surface area contributed by atoms with Crippen molar-refractivity contribution in [3.8, 4) is 5.75 Å². The maximum Gasteiger partial charge on any atom is 0.227 e. The van der Waals surface area contributed by atoms with E-state index in [1.807, 2.05) is 48.7 Å². The molecule has 0 bridgehead atoms. The zero-order chi connectivity index (χ0) is 14.1. The summed E-state index contributed by atoms with van der Waals surface area (Å²) in [7, 11) is 0. The highest BCUT2D eigenvalue weighted by molar-refractivity contribution is 5.33. The van der Waals surface area contributed by atoms with Gasteiger partial charge in [-0.25, -0.2) is 0 Å². The standard InChI is InChI=1S/C16H17NO3/c1-3-17-10-9-13(18)15-14(17)11(2)19-16(20-15)12-7-5-4-6-8-12/h4-11,16H,3H2,1-2H3/t11-,16+/m0/s1. The van der Waals surface area contributed by atoms with Gasteiger partial charge in [0.15, 0.2) is 5.75 Å². The second kappa shape index (κ2) is 5.13. The number of benzene rings is 1. The van der Waals surface area contributed by atoms with Crippen molar-refractivity contribution < 1.29 is 9.47 Å². The Balaban J connectivity index is 2.05. The smallest absolute Gasteiger partial charge is 0.227 e. The van der Waals surface area contributed by atoms with E-state index in [1.165, 1.54) is 0 Å². The fourth-order valence-electron chi connectivity index (χ4n) is 2.52. The van der Waals surface area contributed by atoms with Crippen LogP contribution in [0.15, 0.2) is 47.4 Å². The summed E-state index contributed by atoms with van der Waals surface area (Å²) >= 11 is 0. The first-order valence-electron chi connectivity index (χ1n) is 6.81. The molecule has 0 amide bonds. The van der Waals surface area contributed by atoms with Gasteiger partial charge in [0.2, 0.25) is 11.7 Å². The lowest BCUT2D eigenvalue weighted by Gasteiger charge is -2.32. The van der Waals surface area contributed by atoms with Gasteiger partial charge in [-0.1, -0.05) is 30.3 Å². The summed E-state index contributed by atoms with van der Waals surface area (Å²) in [6.45, 7) is 4.75. The second-order valence-corrected chi connectivity index (χ2v) is 4.82. The molecule has 4 heteroatoms. The van der Waals surface area contributed by atoms with E-state index in [9.17, 15) is 4.79 Å². The van der Waals surface area contributed by atoms with Crippen molar-refractivity contribution in [2.75, 3.05) is 0 Å². The third-order valence-electron chi connectivity index (χ3n) is 3.52. The monoisotopic (exact) mass is 271 g/mol. The zero-order valence-electron chi connectivity index (χ0n) is 11.6. The Labute approximate surface area is 117 Å². The predicted molar refractivity (Wildman–Crippen MR) is 75.7 cm³/mol. The van der Waals surface area contributed by atoms with E-state index in [4.69, 9.17) is 9.47 Å². The molecule has 104 valence electrons. The molecule has 0 N–H and O–H groups in total. The SMILES string of the molecule is CCn1ccc(=O)c2c1[C@H](C)O[C@@H](c1ccccc1)O2. The highest BCUT2D eigenvalue weighted by Gasteiger charge is 2.30. The Morgan fingerprint density at radius 1 is 1.20 bits per heavy atom. The Morgan fingerprint density at radius 2 is 1.95 bits per heavy atom. The van der Waals surface area contributed by atoms with Gasteiger partial charge in [0.1, 0.15) is 6.10 Å². The lowest BCUT2D eigenvalue weighted by Crippen LogP contribution is -2.28. The summed E-state index contributed by atoms with van der Waals surface area (Å²) in [5, 5.41) is 0. The number of hydrogen-bond acceptors (Lipinski definition) is 3.